The van der Waals surface area contributed by atoms with Gasteiger partial charge in [-0.05, 0) is 100 Å². The van der Waals surface area contributed by atoms with Gasteiger partial charge in [0.15, 0.2) is 11.6 Å². The standard InChI is InChI=1S/C42H44F2N10O4/c1-23(2)54-24(3)47-38-31(43)17-28(18-34(38)54)37-32(44)20-46-42(51-37)49-35-10-4-26(19-45-35)16-25-12-14-52(15-13-25)41(58)29-21-53(22-29)30-7-5-27(6-8-30)39(56)48-33-9-11-36(55)50-40(33)57/h4-8,10,17-20,23,25,29,33H,9,11-16,21-22H2,1-3H3,(H,48,56)(H,50,55,57)(H,45,46,49,51). The number of pyridine rings is 1. The van der Waals surface area contributed by atoms with Gasteiger partial charge in [0, 0.05) is 61.7 Å². The van der Waals surface area contributed by atoms with Crippen LogP contribution in [0.2, 0.25) is 0 Å². The van der Waals surface area contributed by atoms with Crippen molar-refractivity contribution in [1.82, 2.24) is 40.0 Å². The summed E-state index contributed by atoms with van der Waals surface area (Å²) in [4.78, 5) is 70.8. The Hall–Kier alpha value is -6.32. The molecule has 0 bridgehead atoms. The van der Waals surface area contributed by atoms with E-state index in [1.807, 2.05) is 54.5 Å². The molecule has 16 heteroatoms. The molecule has 14 nitrogen and oxygen atoms in total. The summed E-state index contributed by atoms with van der Waals surface area (Å²) in [6.45, 7) is 8.38. The lowest BCUT2D eigenvalue weighted by atomic mass is 9.89. The van der Waals surface area contributed by atoms with Crippen LogP contribution in [0.25, 0.3) is 22.3 Å². The zero-order valence-corrected chi connectivity index (χ0v) is 32.5. The Morgan fingerprint density at radius 2 is 1.69 bits per heavy atom. The third-order valence-electron chi connectivity index (χ3n) is 11.2. The number of rotatable bonds is 10. The number of carbonyl (C=O) groups excluding carboxylic acids is 4. The Morgan fingerprint density at radius 3 is 2.38 bits per heavy atom. The van der Waals surface area contributed by atoms with Crippen LogP contribution in [0.3, 0.4) is 0 Å². The van der Waals surface area contributed by atoms with Gasteiger partial charge in [-0.3, -0.25) is 24.5 Å². The van der Waals surface area contributed by atoms with Crippen LogP contribution in [0.1, 0.15) is 67.3 Å². The molecule has 2 aromatic carbocycles. The van der Waals surface area contributed by atoms with Crippen LogP contribution >= 0.6 is 0 Å². The maximum Gasteiger partial charge on any atom is 0.251 e. The number of halogens is 2. The fourth-order valence-electron chi connectivity index (χ4n) is 8.11. The number of fused-ring (bicyclic) bond motifs is 1. The summed E-state index contributed by atoms with van der Waals surface area (Å²) in [5, 5.41) is 7.97. The van der Waals surface area contributed by atoms with E-state index < -0.39 is 23.6 Å². The molecule has 0 aliphatic carbocycles. The number of carbonyl (C=O) groups is 4. The van der Waals surface area contributed by atoms with Crippen molar-refractivity contribution in [2.45, 2.75) is 65.0 Å². The minimum atomic E-state index is -0.736. The van der Waals surface area contributed by atoms with E-state index in [2.05, 4.69) is 40.8 Å². The van der Waals surface area contributed by atoms with Crippen molar-refractivity contribution in [3.8, 4) is 11.3 Å². The SMILES string of the molecule is Cc1nc2c(F)cc(-c3nc(Nc4ccc(CC5CCN(C(=O)C6CN(c7ccc(C(=O)NC8CCC(=O)NC8=O)cc7)C6)CC5)cn4)ncc3F)cc2n1C(C)C. The molecular formula is C42H44F2N10O4. The first kappa shape index (κ1) is 38.5. The highest BCUT2D eigenvalue weighted by molar-refractivity contribution is 6.03. The topological polar surface area (TPSA) is 167 Å². The number of imide groups is 1. The van der Waals surface area contributed by atoms with Gasteiger partial charge in [0.2, 0.25) is 23.7 Å². The number of likely N-dealkylation sites (tertiary alicyclic amines) is 1. The highest BCUT2D eigenvalue weighted by Crippen LogP contribution is 2.32. The summed E-state index contributed by atoms with van der Waals surface area (Å²) in [7, 11) is 0. The van der Waals surface area contributed by atoms with E-state index >= 15 is 8.78 Å². The molecule has 1 atom stereocenters. The molecule has 0 spiro atoms. The fourth-order valence-corrected chi connectivity index (χ4v) is 8.11. The van der Waals surface area contributed by atoms with Crippen LogP contribution in [0.5, 0.6) is 0 Å². The highest BCUT2D eigenvalue weighted by atomic mass is 19.1. The molecule has 1 unspecified atom stereocenters. The van der Waals surface area contributed by atoms with Crippen LogP contribution in [-0.4, -0.2) is 85.3 Å². The summed E-state index contributed by atoms with van der Waals surface area (Å²) in [5.74, 6) is -0.665. The fraction of sp³-hybridized carbons (Fsp3) is 0.381. The van der Waals surface area contributed by atoms with Gasteiger partial charge in [-0.25, -0.2) is 28.7 Å². The molecule has 5 aromatic rings. The zero-order valence-electron chi connectivity index (χ0n) is 32.5. The Balaban J connectivity index is 0.800. The Labute approximate surface area is 333 Å². The van der Waals surface area contributed by atoms with Gasteiger partial charge >= 0.3 is 0 Å². The van der Waals surface area contributed by atoms with Crippen LogP contribution in [0.4, 0.5) is 26.2 Å². The number of aryl methyl sites for hydroxylation is 1. The van der Waals surface area contributed by atoms with Crippen molar-refractivity contribution in [3.63, 3.8) is 0 Å². The van der Waals surface area contributed by atoms with Crippen molar-refractivity contribution in [2.24, 2.45) is 11.8 Å². The number of aromatic nitrogens is 5. The van der Waals surface area contributed by atoms with Crippen molar-refractivity contribution >= 4 is 52.1 Å². The molecule has 0 radical (unpaired) electrons. The van der Waals surface area contributed by atoms with Crippen LogP contribution in [0, 0.1) is 30.4 Å². The summed E-state index contributed by atoms with van der Waals surface area (Å²) in [6, 6.07) is 13.1. The number of hydrogen-bond donors (Lipinski definition) is 3. The highest BCUT2D eigenvalue weighted by Gasteiger charge is 2.37. The van der Waals surface area contributed by atoms with Crippen LogP contribution in [-0.2, 0) is 20.8 Å². The third kappa shape index (κ3) is 7.95. The van der Waals surface area contributed by atoms with Gasteiger partial charge < -0.3 is 25.0 Å². The summed E-state index contributed by atoms with van der Waals surface area (Å²) in [5.41, 5.74) is 3.43. The Kier molecular flexibility index (Phi) is 10.6. The lowest BCUT2D eigenvalue weighted by Crippen LogP contribution is -2.55. The normalized spacial score (nSPS) is 17.7. The summed E-state index contributed by atoms with van der Waals surface area (Å²) >= 11 is 0. The first-order chi connectivity index (χ1) is 27.9. The van der Waals surface area contributed by atoms with Crippen molar-refractivity contribution < 1.29 is 28.0 Å². The number of nitrogens with one attached hydrogen (secondary N) is 3. The second-order valence-corrected chi connectivity index (χ2v) is 15.6. The molecule has 58 heavy (non-hydrogen) atoms. The monoisotopic (exact) mass is 790 g/mol. The molecule has 0 saturated carbocycles. The summed E-state index contributed by atoms with van der Waals surface area (Å²) in [6.07, 6.45) is 5.92. The minimum absolute atomic E-state index is 0.0312. The quantitative estimate of drug-likeness (QED) is 0.159. The molecule has 3 saturated heterocycles. The van der Waals surface area contributed by atoms with E-state index in [0.717, 1.165) is 36.7 Å². The largest absolute Gasteiger partial charge is 0.370 e. The van der Waals surface area contributed by atoms with Crippen LogP contribution in [0.15, 0.2) is 60.9 Å². The van der Waals surface area contributed by atoms with E-state index in [1.54, 1.807) is 24.4 Å². The molecule has 3 aromatic heterocycles. The van der Waals surface area contributed by atoms with Gasteiger partial charge in [0.1, 0.15) is 28.9 Å². The molecule has 3 N–H and O–H groups in total. The number of amides is 4. The molecule has 6 heterocycles. The smallest absolute Gasteiger partial charge is 0.251 e. The van der Waals surface area contributed by atoms with E-state index in [-0.39, 0.29) is 65.2 Å². The maximum atomic E-state index is 15.1. The summed E-state index contributed by atoms with van der Waals surface area (Å²) < 4.78 is 32.0. The average molecular weight is 791 g/mol. The zero-order chi connectivity index (χ0) is 40.7. The number of anilines is 3. The predicted molar refractivity (Wildman–Crippen MR) is 212 cm³/mol. The number of nitrogens with zero attached hydrogens (tertiary/aromatic N) is 7. The maximum absolute atomic E-state index is 15.1. The van der Waals surface area contributed by atoms with Gasteiger partial charge in [-0.2, -0.15) is 0 Å². The van der Waals surface area contributed by atoms with Gasteiger partial charge in [-0.1, -0.05) is 6.07 Å². The molecule has 300 valence electrons. The predicted octanol–water partition coefficient (Wildman–Crippen LogP) is 5.25. The Morgan fingerprint density at radius 1 is 0.931 bits per heavy atom. The molecule has 4 amide bonds. The van der Waals surface area contributed by atoms with Crippen molar-refractivity contribution in [3.05, 3.63) is 89.5 Å². The van der Waals surface area contributed by atoms with Gasteiger partial charge in [0.25, 0.3) is 5.91 Å². The number of benzene rings is 2. The van der Waals surface area contributed by atoms with Gasteiger partial charge in [0.05, 0.1) is 17.6 Å². The first-order valence-corrected chi connectivity index (χ1v) is 19.6. The third-order valence-corrected chi connectivity index (χ3v) is 11.2. The lowest BCUT2D eigenvalue weighted by molar-refractivity contribution is -0.138. The van der Waals surface area contributed by atoms with E-state index in [4.69, 9.17) is 0 Å². The molecule has 3 fully saturated rings. The number of imidazole rings is 1. The molecular weight excluding hydrogens is 747 g/mol. The second-order valence-electron chi connectivity index (χ2n) is 15.6. The second kappa shape index (κ2) is 15.9. The Bertz CT molecular complexity index is 2390. The van der Waals surface area contributed by atoms with E-state index in [1.165, 1.54) is 6.07 Å². The van der Waals surface area contributed by atoms with Crippen molar-refractivity contribution in [2.75, 3.05) is 36.4 Å². The van der Waals surface area contributed by atoms with Crippen molar-refractivity contribution in [1.29, 1.82) is 0 Å². The molecule has 3 aliphatic heterocycles. The van der Waals surface area contributed by atoms with Crippen LogP contribution < -0.4 is 20.9 Å². The van der Waals surface area contributed by atoms with E-state index in [0.29, 0.717) is 54.8 Å². The number of piperidine rings is 2. The van der Waals surface area contributed by atoms with E-state index in [9.17, 15) is 19.2 Å². The van der Waals surface area contributed by atoms with Gasteiger partial charge in [-0.15, -0.1) is 0 Å². The molecule has 8 rings (SSSR count). The minimum Gasteiger partial charge on any atom is -0.370 e. The lowest BCUT2D eigenvalue weighted by Gasteiger charge is -2.43. The average Bonchev–Trinajstić information content (AvgIpc) is 3.54. The number of hydrogen-bond acceptors (Lipinski definition) is 10. The first-order valence-electron chi connectivity index (χ1n) is 19.6. The molecule has 3 aliphatic rings.